The number of alkyl halides is 3. The predicted molar refractivity (Wildman–Crippen MR) is 128 cm³/mol. The zero-order valence-corrected chi connectivity index (χ0v) is 20.9. The van der Waals surface area contributed by atoms with Gasteiger partial charge in [0, 0.05) is 45.2 Å². The van der Waals surface area contributed by atoms with Crippen LogP contribution in [0.15, 0.2) is 24.3 Å². The molecule has 1 unspecified atom stereocenters. The molecule has 1 aromatic rings. The van der Waals surface area contributed by atoms with Gasteiger partial charge in [-0.05, 0) is 44.4 Å². The fourth-order valence-electron chi connectivity index (χ4n) is 4.96. The first kappa shape index (κ1) is 30.3. The van der Waals surface area contributed by atoms with Gasteiger partial charge in [0.25, 0.3) is 0 Å². The number of benzene rings is 1. The second kappa shape index (κ2) is 12.3. The summed E-state index contributed by atoms with van der Waals surface area (Å²) in [4.78, 5) is 4.49. The van der Waals surface area contributed by atoms with Gasteiger partial charge in [-0.3, -0.25) is 4.90 Å². The summed E-state index contributed by atoms with van der Waals surface area (Å²) in [6.45, 7) is 7.99. The van der Waals surface area contributed by atoms with E-state index in [2.05, 4.69) is 14.5 Å². The van der Waals surface area contributed by atoms with Gasteiger partial charge in [0.1, 0.15) is 5.75 Å². The maximum atomic E-state index is 12.7. The molecule has 0 bridgehead atoms. The minimum atomic E-state index is -4.74. The summed E-state index contributed by atoms with van der Waals surface area (Å²) >= 11 is 0. The Morgan fingerprint density at radius 1 is 1.00 bits per heavy atom. The van der Waals surface area contributed by atoms with Crippen LogP contribution in [-0.2, 0) is 0 Å². The third-order valence-electron chi connectivity index (χ3n) is 6.38. The van der Waals surface area contributed by atoms with Crippen molar-refractivity contribution in [3.05, 3.63) is 29.8 Å². The summed E-state index contributed by atoms with van der Waals surface area (Å²) in [6, 6.07) is 6.09. The molecule has 0 aromatic heterocycles. The van der Waals surface area contributed by atoms with Gasteiger partial charge in [0.05, 0.1) is 11.2 Å². The largest absolute Gasteiger partial charge is 0.573 e. The Bertz CT molecular complexity index is 718. The van der Waals surface area contributed by atoms with Gasteiger partial charge in [0.15, 0.2) is 0 Å². The molecule has 0 spiro atoms. The lowest BCUT2D eigenvalue weighted by Gasteiger charge is -2.44. The summed E-state index contributed by atoms with van der Waals surface area (Å²) in [5, 5.41) is 21.6. The summed E-state index contributed by atoms with van der Waals surface area (Å²) in [5.74, 6) is -0.533. The average molecular weight is 517 g/mol. The fraction of sp³-hybridized carbons (Fsp3) is 0.739. The van der Waals surface area contributed by atoms with Crippen LogP contribution < -0.4 is 4.74 Å². The molecule has 0 amide bonds. The highest BCUT2D eigenvalue weighted by molar-refractivity contribution is 5.85. The maximum absolute atomic E-state index is 12.7. The van der Waals surface area contributed by atoms with Crippen LogP contribution in [0, 0.1) is 0 Å². The lowest BCUT2D eigenvalue weighted by atomic mass is 9.72. The number of hydrogen-bond donors (Lipinski definition) is 2. The molecule has 1 atom stereocenters. The van der Waals surface area contributed by atoms with Crippen LogP contribution >= 0.6 is 24.8 Å². The van der Waals surface area contributed by atoms with Crippen molar-refractivity contribution in [2.75, 3.05) is 39.3 Å². The molecule has 2 aliphatic rings. The molecule has 1 heterocycles. The zero-order chi connectivity index (χ0) is 22.7. The van der Waals surface area contributed by atoms with Gasteiger partial charge in [0.2, 0.25) is 0 Å². The molecule has 192 valence electrons. The molecule has 1 saturated carbocycles. The monoisotopic (exact) mass is 516 g/mol. The van der Waals surface area contributed by atoms with E-state index in [1.165, 1.54) is 12.1 Å². The standard InChI is InChI=1S/C23H35F3N2O3.2ClH/c1-21(2,29)17-28-13-11-27(12-14-28)16-20(22(30)9-4-3-5-10-22)18-7-6-8-19(15-18)31-23(24,25)26;;/h6-8,15,20,29-30H,3-5,9-14,16-17H2,1-2H3;2*1H. The molecule has 33 heavy (non-hydrogen) atoms. The van der Waals surface area contributed by atoms with E-state index in [0.29, 0.717) is 31.5 Å². The molecular formula is C23H37Cl2F3N2O3. The Balaban J connectivity index is 0.00000272. The Morgan fingerprint density at radius 2 is 1.58 bits per heavy atom. The summed E-state index contributed by atoms with van der Waals surface area (Å²) < 4.78 is 42.3. The summed E-state index contributed by atoms with van der Waals surface area (Å²) in [5.41, 5.74) is -0.995. The van der Waals surface area contributed by atoms with Gasteiger partial charge in [-0.25, -0.2) is 0 Å². The SMILES string of the molecule is CC(C)(O)CN1CCN(CC(c2cccc(OC(F)(F)F)c2)C2(O)CCCCC2)CC1.Cl.Cl. The molecular weight excluding hydrogens is 480 g/mol. The predicted octanol–water partition coefficient (Wildman–Crippen LogP) is 4.60. The van der Waals surface area contributed by atoms with Crippen LogP contribution in [0.4, 0.5) is 13.2 Å². The Labute approximate surface area is 207 Å². The molecule has 3 rings (SSSR count). The van der Waals surface area contributed by atoms with E-state index in [1.54, 1.807) is 26.0 Å². The van der Waals surface area contributed by atoms with Gasteiger partial charge in [-0.15, -0.1) is 38.0 Å². The van der Waals surface area contributed by atoms with Gasteiger partial charge >= 0.3 is 6.36 Å². The van der Waals surface area contributed by atoms with E-state index in [4.69, 9.17) is 0 Å². The average Bonchev–Trinajstić information content (AvgIpc) is 2.65. The van der Waals surface area contributed by atoms with Gasteiger partial charge in [-0.1, -0.05) is 31.4 Å². The smallest absolute Gasteiger partial charge is 0.406 e. The minimum absolute atomic E-state index is 0. The van der Waals surface area contributed by atoms with Crippen molar-refractivity contribution in [2.45, 2.75) is 69.4 Å². The molecule has 0 radical (unpaired) electrons. The lowest BCUT2D eigenvalue weighted by Crippen LogP contribution is -2.53. The highest BCUT2D eigenvalue weighted by Crippen LogP contribution is 2.41. The lowest BCUT2D eigenvalue weighted by molar-refractivity contribution is -0.274. The number of piperazine rings is 1. The first-order valence-corrected chi connectivity index (χ1v) is 11.2. The number of aliphatic hydroxyl groups is 2. The van der Waals surface area contributed by atoms with Crippen molar-refractivity contribution in [3.8, 4) is 5.75 Å². The summed E-state index contributed by atoms with van der Waals surface area (Å²) in [6.07, 6.45) is -0.522. The van der Waals surface area contributed by atoms with E-state index >= 15 is 0 Å². The van der Waals surface area contributed by atoms with Crippen LogP contribution in [0.2, 0.25) is 0 Å². The quantitative estimate of drug-likeness (QED) is 0.554. The molecule has 1 aliphatic heterocycles. The van der Waals surface area contributed by atoms with Crippen LogP contribution in [0.3, 0.4) is 0 Å². The normalized spacial score (nSPS) is 20.9. The molecule has 1 saturated heterocycles. The topological polar surface area (TPSA) is 56.2 Å². The van der Waals surface area contributed by atoms with E-state index in [0.717, 1.165) is 45.4 Å². The molecule has 10 heteroatoms. The van der Waals surface area contributed by atoms with Crippen molar-refractivity contribution in [3.63, 3.8) is 0 Å². The number of rotatable bonds is 7. The maximum Gasteiger partial charge on any atom is 0.573 e. The fourth-order valence-corrected chi connectivity index (χ4v) is 4.96. The molecule has 5 nitrogen and oxygen atoms in total. The molecule has 1 aliphatic carbocycles. The van der Waals surface area contributed by atoms with Crippen molar-refractivity contribution < 1.29 is 28.1 Å². The van der Waals surface area contributed by atoms with E-state index < -0.39 is 17.6 Å². The third-order valence-corrected chi connectivity index (χ3v) is 6.38. The second-order valence-electron chi connectivity index (χ2n) is 9.73. The summed E-state index contributed by atoms with van der Waals surface area (Å²) in [7, 11) is 0. The van der Waals surface area contributed by atoms with Crippen molar-refractivity contribution in [2.24, 2.45) is 0 Å². The first-order valence-electron chi connectivity index (χ1n) is 11.2. The van der Waals surface area contributed by atoms with E-state index in [9.17, 15) is 23.4 Å². The second-order valence-corrected chi connectivity index (χ2v) is 9.73. The van der Waals surface area contributed by atoms with Crippen molar-refractivity contribution in [1.29, 1.82) is 0 Å². The number of ether oxygens (including phenoxy) is 1. The Hall–Kier alpha value is -0.770. The van der Waals surface area contributed by atoms with E-state index in [-0.39, 0.29) is 36.5 Å². The van der Waals surface area contributed by atoms with Crippen LogP contribution in [0.5, 0.6) is 5.75 Å². The van der Waals surface area contributed by atoms with Crippen molar-refractivity contribution >= 4 is 24.8 Å². The third kappa shape index (κ3) is 9.42. The van der Waals surface area contributed by atoms with Gasteiger partial charge < -0.3 is 19.8 Å². The highest BCUT2D eigenvalue weighted by atomic mass is 35.5. The van der Waals surface area contributed by atoms with Crippen LogP contribution in [0.25, 0.3) is 0 Å². The number of hydrogen-bond acceptors (Lipinski definition) is 5. The Morgan fingerprint density at radius 3 is 2.12 bits per heavy atom. The van der Waals surface area contributed by atoms with Crippen LogP contribution in [-0.4, -0.2) is 76.8 Å². The molecule has 2 fully saturated rings. The van der Waals surface area contributed by atoms with Crippen molar-refractivity contribution in [1.82, 2.24) is 9.80 Å². The minimum Gasteiger partial charge on any atom is -0.406 e. The number of halogens is 5. The van der Waals surface area contributed by atoms with Gasteiger partial charge in [-0.2, -0.15) is 0 Å². The Kier molecular flexibility index (Phi) is 11.3. The van der Waals surface area contributed by atoms with E-state index in [1.807, 2.05) is 0 Å². The first-order chi connectivity index (χ1) is 14.4. The van der Waals surface area contributed by atoms with Crippen LogP contribution in [0.1, 0.15) is 57.4 Å². The molecule has 2 N–H and O–H groups in total. The zero-order valence-electron chi connectivity index (χ0n) is 19.3. The number of β-amino-alcohol motifs (C(OH)–C–C–N with tert-alkyl or cyclic N) is 1. The highest BCUT2D eigenvalue weighted by Gasteiger charge is 2.40. The number of nitrogens with zero attached hydrogens (tertiary/aromatic N) is 2. The molecule has 1 aromatic carbocycles.